The molecule has 1 aliphatic rings. The lowest BCUT2D eigenvalue weighted by molar-refractivity contribution is -0.142. The van der Waals surface area contributed by atoms with Crippen LogP contribution in [0.15, 0.2) is 0 Å². The average molecular weight is 241 g/mol. The number of hydrogen-bond acceptors (Lipinski definition) is 2. The third-order valence-corrected chi connectivity index (χ3v) is 4.00. The first kappa shape index (κ1) is 14.5. The van der Waals surface area contributed by atoms with Crippen LogP contribution in [0.2, 0.25) is 0 Å². The molecule has 1 fully saturated rings. The van der Waals surface area contributed by atoms with Crippen LogP contribution in [-0.2, 0) is 4.79 Å². The Morgan fingerprint density at radius 2 is 1.88 bits per heavy atom. The zero-order valence-corrected chi connectivity index (χ0v) is 11.3. The Balaban J connectivity index is 2.10. The van der Waals surface area contributed by atoms with Crippen LogP contribution in [0.4, 0.5) is 0 Å². The van der Waals surface area contributed by atoms with E-state index in [1.807, 2.05) is 0 Å². The summed E-state index contributed by atoms with van der Waals surface area (Å²) in [5.41, 5.74) is 0. The Bertz CT molecular complexity index is 230. The average Bonchev–Trinajstić information content (AvgIpc) is 2.65. The van der Waals surface area contributed by atoms with Gasteiger partial charge in [-0.3, -0.25) is 9.69 Å². The van der Waals surface area contributed by atoms with Gasteiger partial charge in [0.15, 0.2) is 0 Å². The van der Waals surface area contributed by atoms with Crippen LogP contribution in [0.25, 0.3) is 0 Å². The highest BCUT2D eigenvalue weighted by atomic mass is 16.4. The molecule has 0 bridgehead atoms. The van der Waals surface area contributed by atoms with E-state index in [4.69, 9.17) is 5.11 Å². The predicted octanol–water partition coefficient (Wildman–Crippen LogP) is 3.14. The number of hydrogen-bond donors (Lipinski definition) is 1. The number of nitrogens with zero attached hydrogens (tertiary/aromatic N) is 1. The van der Waals surface area contributed by atoms with Crippen LogP contribution in [0, 0.1) is 5.92 Å². The van der Waals surface area contributed by atoms with E-state index in [-0.39, 0.29) is 12.0 Å². The quantitative estimate of drug-likeness (QED) is 0.664. The molecular formula is C14H27NO2. The van der Waals surface area contributed by atoms with Crippen molar-refractivity contribution in [3.05, 3.63) is 0 Å². The molecule has 1 heterocycles. The standard InChI is InChI=1S/C14H27NO2/c1-3-4-5-6-7-8-10-15-11-9-13(12(15)2)14(16)17/h12-13H,3-11H2,1-2H3,(H,16,17). The van der Waals surface area contributed by atoms with Gasteiger partial charge in [0.1, 0.15) is 0 Å². The van der Waals surface area contributed by atoms with Gasteiger partial charge in [0.25, 0.3) is 0 Å². The molecule has 3 heteroatoms. The SMILES string of the molecule is CCCCCCCCN1CCC(C(=O)O)C1C. The maximum absolute atomic E-state index is 11.0. The Kier molecular flexibility index (Phi) is 6.56. The monoisotopic (exact) mass is 241 g/mol. The van der Waals surface area contributed by atoms with Gasteiger partial charge in [-0.25, -0.2) is 0 Å². The molecule has 0 aromatic heterocycles. The van der Waals surface area contributed by atoms with E-state index in [9.17, 15) is 4.79 Å². The molecular weight excluding hydrogens is 214 g/mol. The maximum Gasteiger partial charge on any atom is 0.308 e. The summed E-state index contributed by atoms with van der Waals surface area (Å²) in [6.45, 7) is 6.34. The minimum absolute atomic E-state index is 0.143. The number of aliphatic carboxylic acids is 1. The molecule has 1 N–H and O–H groups in total. The highest BCUT2D eigenvalue weighted by Crippen LogP contribution is 2.24. The van der Waals surface area contributed by atoms with Gasteiger partial charge in [-0.05, 0) is 32.9 Å². The van der Waals surface area contributed by atoms with Crippen LogP contribution in [0.3, 0.4) is 0 Å². The number of rotatable bonds is 8. The molecule has 0 aromatic rings. The molecule has 2 atom stereocenters. The second-order valence-electron chi connectivity index (χ2n) is 5.28. The van der Waals surface area contributed by atoms with E-state index >= 15 is 0 Å². The topological polar surface area (TPSA) is 40.5 Å². The second kappa shape index (κ2) is 7.70. The van der Waals surface area contributed by atoms with Crippen molar-refractivity contribution >= 4 is 5.97 Å². The van der Waals surface area contributed by atoms with Crippen molar-refractivity contribution in [2.45, 2.75) is 64.8 Å². The summed E-state index contributed by atoms with van der Waals surface area (Å²) in [4.78, 5) is 13.3. The minimum atomic E-state index is -0.622. The molecule has 0 aromatic carbocycles. The third kappa shape index (κ3) is 4.66. The van der Waals surface area contributed by atoms with Crippen LogP contribution < -0.4 is 0 Å². The zero-order chi connectivity index (χ0) is 12.7. The smallest absolute Gasteiger partial charge is 0.308 e. The van der Waals surface area contributed by atoms with Crippen molar-refractivity contribution in [1.82, 2.24) is 4.90 Å². The molecule has 2 unspecified atom stereocenters. The molecule has 100 valence electrons. The number of likely N-dealkylation sites (tertiary alicyclic amines) is 1. The first-order valence-corrected chi connectivity index (χ1v) is 7.13. The first-order chi connectivity index (χ1) is 8.16. The molecule has 1 aliphatic heterocycles. The number of carboxylic acids is 1. The van der Waals surface area contributed by atoms with E-state index in [1.54, 1.807) is 0 Å². The summed E-state index contributed by atoms with van der Waals surface area (Å²) in [6.07, 6.45) is 8.67. The molecule has 0 saturated carbocycles. The summed E-state index contributed by atoms with van der Waals surface area (Å²) < 4.78 is 0. The lowest BCUT2D eigenvalue weighted by atomic mass is 10.0. The molecule has 1 rings (SSSR count). The van der Waals surface area contributed by atoms with Gasteiger partial charge in [0.2, 0.25) is 0 Å². The van der Waals surface area contributed by atoms with E-state index in [0.29, 0.717) is 0 Å². The molecule has 0 spiro atoms. The molecule has 0 amide bonds. The van der Waals surface area contributed by atoms with Gasteiger partial charge < -0.3 is 5.11 Å². The van der Waals surface area contributed by atoms with Crippen LogP contribution in [-0.4, -0.2) is 35.1 Å². The van der Waals surface area contributed by atoms with E-state index in [0.717, 1.165) is 19.5 Å². The number of carboxylic acid groups (broad SMARTS) is 1. The van der Waals surface area contributed by atoms with Crippen LogP contribution in [0.1, 0.15) is 58.8 Å². The highest BCUT2D eigenvalue weighted by Gasteiger charge is 2.34. The fourth-order valence-corrected chi connectivity index (χ4v) is 2.74. The molecule has 1 saturated heterocycles. The van der Waals surface area contributed by atoms with Crippen molar-refractivity contribution < 1.29 is 9.90 Å². The molecule has 0 aliphatic carbocycles. The zero-order valence-electron chi connectivity index (χ0n) is 11.3. The van der Waals surface area contributed by atoms with Gasteiger partial charge >= 0.3 is 5.97 Å². The van der Waals surface area contributed by atoms with Crippen molar-refractivity contribution in [1.29, 1.82) is 0 Å². The normalized spacial score (nSPS) is 25.3. The second-order valence-corrected chi connectivity index (χ2v) is 5.28. The first-order valence-electron chi connectivity index (χ1n) is 7.13. The fraction of sp³-hybridized carbons (Fsp3) is 0.929. The maximum atomic E-state index is 11.0. The summed E-state index contributed by atoms with van der Waals surface area (Å²) in [5.74, 6) is -0.766. The minimum Gasteiger partial charge on any atom is -0.481 e. The predicted molar refractivity (Wildman–Crippen MR) is 70.2 cm³/mol. The van der Waals surface area contributed by atoms with E-state index < -0.39 is 5.97 Å². The number of unbranched alkanes of at least 4 members (excludes halogenated alkanes) is 5. The highest BCUT2D eigenvalue weighted by molar-refractivity contribution is 5.71. The summed E-state index contributed by atoms with van der Waals surface area (Å²) >= 11 is 0. The Morgan fingerprint density at radius 1 is 1.24 bits per heavy atom. The number of carbonyl (C=O) groups is 1. The van der Waals surface area contributed by atoms with Gasteiger partial charge in [-0.2, -0.15) is 0 Å². The lowest BCUT2D eigenvalue weighted by Gasteiger charge is -2.22. The van der Waals surface area contributed by atoms with Crippen molar-refractivity contribution in [2.24, 2.45) is 5.92 Å². The van der Waals surface area contributed by atoms with Crippen LogP contribution >= 0.6 is 0 Å². The van der Waals surface area contributed by atoms with Crippen molar-refractivity contribution in [2.75, 3.05) is 13.1 Å². The third-order valence-electron chi connectivity index (χ3n) is 4.00. The van der Waals surface area contributed by atoms with Gasteiger partial charge in [-0.15, -0.1) is 0 Å². The summed E-state index contributed by atoms with van der Waals surface area (Å²) in [6, 6.07) is 0.225. The van der Waals surface area contributed by atoms with Gasteiger partial charge in [0.05, 0.1) is 5.92 Å². The van der Waals surface area contributed by atoms with Gasteiger partial charge in [0, 0.05) is 6.04 Å². The van der Waals surface area contributed by atoms with Crippen molar-refractivity contribution in [3.8, 4) is 0 Å². The largest absolute Gasteiger partial charge is 0.481 e. The lowest BCUT2D eigenvalue weighted by Crippen LogP contribution is -2.33. The molecule has 0 radical (unpaired) electrons. The summed E-state index contributed by atoms with van der Waals surface area (Å²) in [7, 11) is 0. The van der Waals surface area contributed by atoms with E-state index in [1.165, 1.54) is 38.5 Å². The Hall–Kier alpha value is -0.570. The van der Waals surface area contributed by atoms with Crippen LogP contribution in [0.5, 0.6) is 0 Å². The van der Waals surface area contributed by atoms with Crippen molar-refractivity contribution in [3.63, 3.8) is 0 Å². The van der Waals surface area contributed by atoms with Gasteiger partial charge in [-0.1, -0.05) is 39.0 Å². The Morgan fingerprint density at radius 3 is 2.47 bits per heavy atom. The molecule has 3 nitrogen and oxygen atoms in total. The van der Waals surface area contributed by atoms with E-state index in [2.05, 4.69) is 18.7 Å². The fourth-order valence-electron chi connectivity index (χ4n) is 2.74. The summed E-state index contributed by atoms with van der Waals surface area (Å²) in [5, 5.41) is 9.04. The Labute approximate surface area is 105 Å². The molecule has 17 heavy (non-hydrogen) atoms.